The molecule has 0 aliphatic carbocycles. The van der Waals surface area contributed by atoms with E-state index in [1.807, 2.05) is 0 Å². The van der Waals surface area contributed by atoms with Crippen LogP contribution in [0, 0.1) is 0 Å². The second-order valence-corrected chi connectivity index (χ2v) is 4.70. The highest BCUT2D eigenvalue weighted by molar-refractivity contribution is 6.02. The molecule has 0 aliphatic rings. The van der Waals surface area contributed by atoms with Gasteiger partial charge in [-0.05, 0) is 30.3 Å². The number of nitrogens with zero attached hydrogens (tertiary/aromatic N) is 1. The summed E-state index contributed by atoms with van der Waals surface area (Å²) in [5, 5.41) is 11.6. The Kier molecular flexibility index (Phi) is 3.44. The fourth-order valence-corrected chi connectivity index (χ4v) is 1.97. The topological polar surface area (TPSA) is 75.4 Å². The highest BCUT2D eigenvalue weighted by Crippen LogP contribution is 2.30. The Hall–Kier alpha value is -3.03. The Labute approximate surface area is 127 Å². The van der Waals surface area contributed by atoms with E-state index in [0.717, 1.165) is 12.1 Å². The largest absolute Gasteiger partial charge is 0.508 e. The number of carbonyl (C=O) groups excluding carboxylic acids is 1. The Morgan fingerprint density at radius 2 is 1.96 bits per heavy atom. The van der Waals surface area contributed by atoms with Crippen molar-refractivity contribution in [3.63, 3.8) is 0 Å². The number of alkyl halides is 3. The molecule has 0 saturated carbocycles. The first-order valence-electron chi connectivity index (χ1n) is 6.41. The van der Waals surface area contributed by atoms with E-state index in [4.69, 9.17) is 4.42 Å². The van der Waals surface area contributed by atoms with Gasteiger partial charge in [-0.25, -0.2) is 4.98 Å². The van der Waals surface area contributed by atoms with Crippen molar-refractivity contribution in [3.05, 3.63) is 53.9 Å². The molecule has 5 nitrogen and oxygen atoms in total. The number of amides is 1. The average molecular weight is 322 g/mol. The van der Waals surface area contributed by atoms with Crippen LogP contribution in [0.25, 0.3) is 11.1 Å². The highest BCUT2D eigenvalue weighted by Gasteiger charge is 2.30. The summed E-state index contributed by atoms with van der Waals surface area (Å²) in [7, 11) is 0. The van der Waals surface area contributed by atoms with Gasteiger partial charge in [0.25, 0.3) is 5.89 Å². The summed E-state index contributed by atoms with van der Waals surface area (Å²) in [5.74, 6) is -1.15. The van der Waals surface area contributed by atoms with Crippen LogP contribution < -0.4 is 5.32 Å². The van der Waals surface area contributed by atoms with Crippen molar-refractivity contribution in [2.45, 2.75) is 6.18 Å². The number of halogens is 3. The molecular weight excluding hydrogens is 313 g/mol. The molecule has 8 heteroatoms. The molecule has 118 valence electrons. The van der Waals surface area contributed by atoms with Gasteiger partial charge in [0.15, 0.2) is 5.58 Å². The Balaban J connectivity index is 1.86. The van der Waals surface area contributed by atoms with Gasteiger partial charge in [-0.2, -0.15) is 13.2 Å². The molecule has 1 amide bonds. The van der Waals surface area contributed by atoms with Gasteiger partial charge < -0.3 is 14.8 Å². The van der Waals surface area contributed by atoms with Crippen molar-refractivity contribution in [2.75, 3.05) is 5.32 Å². The molecule has 0 fully saturated rings. The molecule has 23 heavy (non-hydrogen) atoms. The lowest BCUT2D eigenvalue weighted by atomic mass is 10.2. The Bertz CT molecular complexity index is 887. The number of hydrogen-bond donors (Lipinski definition) is 2. The molecule has 1 heterocycles. The van der Waals surface area contributed by atoms with Crippen molar-refractivity contribution in [2.24, 2.45) is 0 Å². The monoisotopic (exact) mass is 322 g/mol. The van der Waals surface area contributed by atoms with Gasteiger partial charge in [0.1, 0.15) is 11.3 Å². The summed E-state index contributed by atoms with van der Waals surface area (Å²) in [6.45, 7) is 0. The second-order valence-electron chi connectivity index (χ2n) is 4.70. The third kappa shape index (κ3) is 3.10. The average Bonchev–Trinajstić information content (AvgIpc) is 2.90. The first-order chi connectivity index (χ1) is 10.8. The lowest BCUT2D eigenvalue weighted by molar-refractivity contribution is -0.137. The van der Waals surface area contributed by atoms with Gasteiger partial charge >= 0.3 is 12.1 Å². The van der Waals surface area contributed by atoms with Crippen LogP contribution in [0.4, 0.5) is 18.9 Å². The lowest BCUT2D eigenvalue weighted by Crippen LogP contribution is -2.13. The summed E-state index contributed by atoms with van der Waals surface area (Å²) >= 11 is 0. The van der Waals surface area contributed by atoms with Crippen molar-refractivity contribution in [1.29, 1.82) is 0 Å². The first-order valence-corrected chi connectivity index (χ1v) is 6.41. The number of phenolic OH excluding ortho intramolecular Hbond substituents is 1. The molecule has 2 N–H and O–H groups in total. The second kappa shape index (κ2) is 5.31. The number of oxazole rings is 1. The van der Waals surface area contributed by atoms with Crippen LogP contribution >= 0.6 is 0 Å². The van der Waals surface area contributed by atoms with Gasteiger partial charge in [0.2, 0.25) is 0 Å². The van der Waals surface area contributed by atoms with Gasteiger partial charge in [0, 0.05) is 11.8 Å². The van der Waals surface area contributed by atoms with Crippen LogP contribution in [0.1, 0.15) is 16.2 Å². The van der Waals surface area contributed by atoms with E-state index in [9.17, 15) is 23.1 Å². The fraction of sp³-hybridized carbons (Fsp3) is 0.0667. The SMILES string of the molecule is O=C(Nc1cccc(C(F)(F)F)c1)c1nc2cc(O)ccc2o1. The maximum Gasteiger partial charge on any atom is 0.416 e. The first kappa shape index (κ1) is 14.9. The number of nitrogens with one attached hydrogen (secondary N) is 1. The number of aromatic hydroxyl groups is 1. The molecule has 0 spiro atoms. The molecule has 0 aliphatic heterocycles. The summed E-state index contributed by atoms with van der Waals surface area (Å²) in [4.78, 5) is 15.9. The zero-order valence-corrected chi connectivity index (χ0v) is 11.4. The van der Waals surface area contributed by atoms with Gasteiger partial charge in [-0.15, -0.1) is 0 Å². The van der Waals surface area contributed by atoms with Gasteiger partial charge in [-0.1, -0.05) is 6.07 Å². The maximum atomic E-state index is 12.6. The molecular formula is C15H9F3N2O3. The van der Waals surface area contributed by atoms with Crippen LogP contribution in [0.2, 0.25) is 0 Å². The molecule has 0 unspecified atom stereocenters. The number of rotatable bonds is 2. The molecule has 2 aromatic carbocycles. The fourth-order valence-electron chi connectivity index (χ4n) is 1.97. The van der Waals surface area contributed by atoms with Crippen molar-refractivity contribution in [1.82, 2.24) is 4.98 Å². The number of hydrogen-bond acceptors (Lipinski definition) is 4. The van der Waals surface area contributed by atoms with E-state index in [-0.39, 0.29) is 28.4 Å². The van der Waals surface area contributed by atoms with Crippen molar-refractivity contribution in [3.8, 4) is 5.75 Å². The van der Waals surface area contributed by atoms with E-state index in [1.54, 1.807) is 0 Å². The molecule has 3 rings (SSSR count). The van der Waals surface area contributed by atoms with Crippen molar-refractivity contribution < 1.29 is 27.5 Å². The summed E-state index contributed by atoms with van der Waals surface area (Å²) in [5.41, 5.74) is -0.371. The predicted molar refractivity (Wildman–Crippen MR) is 75.1 cm³/mol. The number of carbonyl (C=O) groups is 1. The number of benzene rings is 2. The summed E-state index contributed by atoms with van der Waals surface area (Å²) in [6, 6.07) is 8.31. The summed E-state index contributed by atoms with van der Waals surface area (Å²) in [6.07, 6.45) is -4.50. The molecule has 0 atom stereocenters. The summed E-state index contributed by atoms with van der Waals surface area (Å²) < 4.78 is 43.1. The molecule has 1 aromatic heterocycles. The smallest absolute Gasteiger partial charge is 0.416 e. The minimum atomic E-state index is -4.50. The predicted octanol–water partition coefficient (Wildman–Crippen LogP) is 3.80. The Morgan fingerprint density at radius 3 is 2.70 bits per heavy atom. The third-order valence-electron chi connectivity index (χ3n) is 3.01. The maximum absolute atomic E-state index is 12.6. The number of fused-ring (bicyclic) bond motifs is 1. The van der Waals surface area contributed by atoms with Gasteiger partial charge in [0.05, 0.1) is 5.56 Å². The van der Waals surface area contributed by atoms with Crippen LogP contribution in [0.5, 0.6) is 5.75 Å². The van der Waals surface area contributed by atoms with E-state index in [0.29, 0.717) is 0 Å². The van der Waals surface area contributed by atoms with Crippen LogP contribution in [0.15, 0.2) is 46.9 Å². The Morgan fingerprint density at radius 1 is 1.17 bits per heavy atom. The van der Waals surface area contributed by atoms with Gasteiger partial charge in [-0.3, -0.25) is 4.79 Å². The van der Waals surface area contributed by atoms with Crippen LogP contribution in [-0.2, 0) is 6.18 Å². The van der Waals surface area contributed by atoms with Crippen LogP contribution in [0.3, 0.4) is 0 Å². The van der Waals surface area contributed by atoms with E-state index in [2.05, 4.69) is 10.3 Å². The number of phenols is 1. The molecule has 0 bridgehead atoms. The minimum Gasteiger partial charge on any atom is -0.508 e. The molecule has 0 radical (unpaired) electrons. The molecule has 3 aromatic rings. The minimum absolute atomic E-state index is 0.0325. The zero-order valence-electron chi connectivity index (χ0n) is 11.4. The van der Waals surface area contributed by atoms with Crippen LogP contribution in [-0.4, -0.2) is 16.0 Å². The quantitative estimate of drug-likeness (QED) is 0.752. The van der Waals surface area contributed by atoms with E-state index < -0.39 is 17.6 Å². The molecule has 0 saturated heterocycles. The van der Waals surface area contributed by atoms with E-state index in [1.165, 1.54) is 30.3 Å². The number of aromatic nitrogens is 1. The third-order valence-corrected chi connectivity index (χ3v) is 3.01. The normalized spacial score (nSPS) is 11.6. The lowest BCUT2D eigenvalue weighted by Gasteiger charge is -2.08. The zero-order chi connectivity index (χ0) is 16.6. The van der Waals surface area contributed by atoms with E-state index >= 15 is 0 Å². The van der Waals surface area contributed by atoms with Crippen molar-refractivity contribution >= 4 is 22.7 Å². The standard InChI is InChI=1S/C15H9F3N2O3/c16-15(17,18)8-2-1-3-9(6-8)19-13(22)14-20-11-7-10(21)4-5-12(11)23-14/h1-7,21H,(H,19,22). The highest BCUT2D eigenvalue weighted by atomic mass is 19.4. The number of anilines is 1.